The minimum atomic E-state index is -4.53. The van der Waals surface area contributed by atoms with Crippen LogP contribution in [0.2, 0.25) is 0 Å². The Morgan fingerprint density at radius 2 is 1.77 bits per heavy atom. The maximum Gasteiger partial charge on any atom is 0.416 e. The molecule has 0 saturated heterocycles. The fourth-order valence-electron chi connectivity index (χ4n) is 3.43. The van der Waals surface area contributed by atoms with Crippen LogP contribution in [0.3, 0.4) is 0 Å². The van der Waals surface area contributed by atoms with E-state index in [9.17, 15) is 22.8 Å². The summed E-state index contributed by atoms with van der Waals surface area (Å²) in [6.45, 7) is 0.0611. The maximum atomic E-state index is 13.3. The average molecular weight is 651 g/mol. The Bertz CT molecular complexity index is 1490. The molecule has 0 unspecified atom stereocenters. The molecule has 4 rings (SSSR count). The zero-order valence-corrected chi connectivity index (χ0v) is 22.4. The number of carbonyl (C=O) groups is 2. The molecule has 202 valence electrons. The molecule has 3 amide bonds. The minimum Gasteiger partial charge on any atom is -0.439 e. The molecule has 0 spiro atoms. The first kappa shape index (κ1) is 27.8. The van der Waals surface area contributed by atoms with Crippen molar-refractivity contribution in [2.45, 2.75) is 17.1 Å². The second-order valence-electron chi connectivity index (χ2n) is 8.03. The minimum absolute atomic E-state index is 0.00658. The molecule has 3 N–H and O–H groups in total. The Balaban J connectivity index is 1.42. The van der Waals surface area contributed by atoms with Crippen LogP contribution in [0.4, 0.5) is 29.3 Å². The van der Waals surface area contributed by atoms with E-state index in [4.69, 9.17) is 4.74 Å². The number of alkyl halides is 4. The molecule has 0 fully saturated rings. The van der Waals surface area contributed by atoms with Crippen molar-refractivity contribution >= 4 is 45.9 Å². The van der Waals surface area contributed by atoms with Gasteiger partial charge in [0.25, 0.3) is 0 Å². The van der Waals surface area contributed by atoms with E-state index in [1.165, 1.54) is 36.3 Å². The molecule has 0 aliphatic heterocycles. The number of nitrogens with zero attached hydrogens (tertiary/aromatic N) is 4. The van der Waals surface area contributed by atoms with Crippen molar-refractivity contribution in [2.75, 3.05) is 17.7 Å². The summed E-state index contributed by atoms with van der Waals surface area (Å²) in [6.07, 6.45) is -1.58. The van der Waals surface area contributed by atoms with Crippen LogP contribution in [0.15, 0.2) is 67.1 Å². The largest absolute Gasteiger partial charge is 0.439 e. The predicted molar refractivity (Wildman–Crippen MR) is 146 cm³/mol. The summed E-state index contributed by atoms with van der Waals surface area (Å²) in [7, 11) is 1.54. The Hall–Kier alpha value is -4.21. The van der Waals surface area contributed by atoms with Gasteiger partial charge < -0.3 is 20.7 Å². The number of urea groups is 1. The summed E-state index contributed by atoms with van der Waals surface area (Å²) in [5.41, 5.74) is 0.658. The van der Waals surface area contributed by atoms with Crippen molar-refractivity contribution in [1.29, 1.82) is 0 Å². The van der Waals surface area contributed by atoms with Crippen molar-refractivity contribution in [3.05, 3.63) is 78.2 Å². The van der Waals surface area contributed by atoms with Gasteiger partial charge in [-0.25, -0.2) is 14.8 Å². The molecule has 39 heavy (non-hydrogen) atoms. The third kappa shape index (κ3) is 7.43. The van der Waals surface area contributed by atoms with Crippen LogP contribution in [0, 0.1) is 0 Å². The Labute approximate surface area is 234 Å². The van der Waals surface area contributed by atoms with Gasteiger partial charge in [-0.15, -0.1) is 0 Å². The van der Waals surface area contributed by atoms with Crippen molar-refractivity contribution in [2.24, 2.45) is 0 Å². The van der Waals surface area contributed by atoms with E-state index in [1.807, 2.05) is 22.6 Å². The number of rotatable bonds is 8. The van der Waals surface area contributed by atoms with E-state index in [2.05, 4.69) is 31.0 Å². The first-order chi connectivity index (χ1) is 18.6. The quantitative estimate of drug-likeness (QED) is 0.172. The number of amides is 3. The lowest BCUT2D eigenvalue weighted by Crippen LogP contribution is -2.23. The third-order valence-electron chi connectivity index (χ3n) is 5.26. The lowest BCUT2D eigenvalue weighted by atomic mass is 10.1. The van der Waals surface area contributed by atoms with Gasteiger partial charge in [-0.1, -0.05) is 34.7 Å². The topological polar surface area (TPSA) is 123 Å². The highest BCUT2D eigenvalue weighted by atomic mass is 127. The fraction of sp³-hybridized carbons (Fsp3) is 0.160. The molecule has 2 aromatic carbocycles. The van der Waals surface area contributed by atoms with Crippen LogP contribution in [0.1, 0.15) is 11.1 Å². The molecule has 0 radical (unpaired) electrons. The number of hydrogen-bond donors (Lipinski definition) is 3. The number of likely N-dealkylation sites (N-methyl/N-ethyl adjacent to an activating group) is 1. The normalized spacial score (nSPS) is 11.1. The second-order valence-corrected chi connectivity index (χ2v) is 8.79. The van der Waals surface area contributed by atoms with Crippen molar-refractivity contribution in [3.8, 4) is 23.0 Å². The van der Waals surface area contributed by atoms with Gasteiger partial charge in [-0.05, 0) is 35.9 Å². The molecular formula is C25H21F3IN7O3. The van der Waals surface area contributed by atoms with Gasteiger partial charge >= 0.3 is 12.2 Å². The summed E-state index contributed by atoms with van der Waals surface area (Å²) in [5, 5.41) is 11.8. The van der Waals surface area contributed by atoms with Crippen LogP contribution in [0.25, 0.3) is 11.4 Å². The van der Waals surface area contributed by atoms with E-state index < -0.39 is 17.8 Å². The van der Waals surface area contributed by atoms with Gasteiger partial charge in [0.2, 0.25) is 11.8 Å². The fourth-order valence-corrected chi connectivity index (χ4v) is 4.10. The summed E-state index contributed by atoms with van der Waals surface area (Å²) in [4.78, 5) is 32.3. The van der Waals surface area contributed by atoms with Gasteiger partial charge in [0.1, 0.15) is 24.3 Å². The zero-order valence-electron chi connectivity index (χ0n) is 20.3. The smallest absolute Gasteiger partial charge is 0.416 e. The highest BCUT2D eigenvalue weighted by Crippen LogP contribution is 2.35. The number of benzene rings is 2. The Morgan fingerprint density at radius 3 is 2.49 bits per heavy atom. The molecule has 0 aliphatic carbocycles. The van der Waals surface area contributed by atoms with Gasteiger partial charge in [0.15, 0.2) is 0 Å². The summed E-state index contributed by atoms with van der Waals surface area (Å²) < 4.78 is 47.4. The Kier molecular flexibility index (Phi) is 8.63. The van der Waals surface area contributed by atoms with Gasteiger partial charge in [0.05, 0.1) is 11.3 Å². The number of halogens is 4. The van der Waals surface area contributed by atoms with E-state index in [0.717, 1.165) is 6.07 Å². The monoisotopic (exact) mass is 651 g/mol. The number of hydrogen-bond acceptors (Lipinski definition) is 6. The van der Waals surface area contributed by atoms with Crippen LogP contribution in [-0.2, 0) is 21.9 Å². The second kappa shape index (κ2) is 12.1. The molecule has 2 aromatic heterocycles. The van der Waals surface area contributed by atoms with Crippen LogP contribution in [-0.4, -0.2) is 38.7 Å². The molecule has 0 bridgehead atoms. The zero-order chi connectivity index (χ0) is 28.0. The lowest BCUT2D eigenvalue weighted by molar-refractivity contribution is -0.138. The molecule has 0 atom stereocenters. The van der Waals surface area contributed by atoms with Crippen LogP contribution >= 0.6 is 22.6 Å². The maximum absolute atomic E-state index is 13.3. The number of nitrogens with one attached hydrogen (secondary N) is 3. The number of anilines is 2. The molecule has 10 nitrogen and oxygen atoms in total. The average Bonchev–Trinajstić information content (AvgIpc) is 3.37. The number of carbonyl (C=O) groups excluding carboxylic acids is 2. The van der Waals surface area contributed by atoms with E-state index in [1.54, 1.807) is 36.5 Å². The van der Waals surface area contributed by atoms with Crippen molar-refractivity contribution < 1.29 is 27.5 Å². The molecule has 0 saturated carbocycles. The number of aromatic nitrogens is 4. The summed E-state index contributed by atoms with van der Waals surface area (Å²) in [6, 6.07) is 12.6. The van der Waals surface area contributed by atoms with Crippen LogP contribution in [0.5, 0.6) is 11.6 Å². The highest BCUT2D eigenvalue weighted by Gasteiger charge is 2.33. The standard InChI is InChI=1S/C25H21F3IN7O3/c1-30-22(37)13-36-8-7-20(35-36)21-11-23(32-14-31-21)39-18-4-2-3-16(9-18)33-24(38)34-17-6-5-15(12-29)19(10-17)25(26,27)28/h2-11,14H,12-13H2,1H3,(H,30,37)(H2,33,34,38). The summed E-state index contributed by atoms with van der Waals surface area (Å²) >= 11 is 1.86. The van der Waals surface area contributed by atoms with Crippen molar-refractivity contribution in [1.82, 2.24) is 25.1 Å². The molecule has 0 aliphatic rings. The molecular weight excluding hydrogens is 630 g/mol. The molecule has 4 aromatic rings. The first-order valence-electron chi connectivity index (χ1n) is 11.3. The van der Waals surface area contributed by atoms with E-state index in [-0.39, 0.29) is 34.0 Å². The van der Waals surface area contributed by atoms with Gasteiger partial charge in [0, 0.05) is 41.2 Å². The predicted octanol–water partition coefficient (Wildman–Crippen LogP) is 5.48. The molecule has 2 heterocycles. The van der Waals surface area contributed by atoms with Crippen molar-refractivity contribution in [3.63, 3.8) is 0 Å². The van der Waals surface area contributed by atoms with Crippen LogP contribution < -0.4 is 20.7 Å². The highest BCUT2D eigenvalue weighted by molar-refractivity contribution is 14.1. The molecule has 14 heteroatoms. The summed E-state index contributed by atoms with van der Waals surface area (Å²) in [5.74, 6) is 0.351. The lowest BCUT2D eigenvalue weighted by Gasteiger charge is -2.14. The van der Waals surface area contributed by atoms with Gasteiger partial charge in [-0.3, -0.25) is 9.48 Å². The third-order valence-corrected chi connectivity index (χ3v) is 6.08. The van der Waals surface area contributed by atoms with E-state index >= 15 is 0 Å². The first-order valence-corrected chi connectivity index (χ1v) is 12.9. The number of ether oxygens (including phenoxy) is 1. The van der Waals surface area contributed by atoms with E-state index in [0.29, 0.717) is 22.8 Å². The van der Waals surface area contributed by atoms with Gasteiger partial charge in [-0.2, -0.15) is 18.3 Å². The Morgan fingerprint density at radius 1 is 1.00 bits per heavy atom. The SMILES string of the molecule is CNC(=O)Cn1ccc(-c2cc(Oc3cccc(NC(=O)Nc4ccc(CI)c(C(F)(F)F)c4)c3)ncn2)n1.